The summed E-state index contributed by atoms with van der Waals surface area (Å²) in [5.41, 5.74) is 1.69. The molecule has 0 aromatic carbocycles. The van der Waals surface area contributed by atoms with Gasteiger partial charge in [0.1, 0.15) is 0 Å². The molecule has 4 nitrogen and oxygen atoms in total. The second-order valence-corrected chi connectivity index (χ2v) is 6.13. The Morgan fingerprint density at radius 3 is 2.76 bits per heavy atom. The van der Waals surface area contributed by atoms with Crippen LogP contribution < -0.4 is 5.32 Å². The molecule has 0 radical (unpaired) electrons. The van der Waals surface area contributed by atoms with Gasteiger partial charge >= 0.3 is 0 Å². The highest BCUT2D eigenvalue weighted by Crippen LogP contribution is 2.29. The van der Waals surface area contributed by atoms with Crippen molar-refractivity contribution in [1.82, 2.24) is 5.32 Å². The summed E-state index contributed by atoms with van der Waals surface area (Å²) in [4.78, 5) is 27.8. The van der Waals surface area contributed by atoms with Crippen molar-refractivity contribution in [2.24, 2.45) is 16.3 Å². The average molecular weight is 307 g/mol. The molecule has 2 rings (SSSR count). The maximum absolute atomic E-state index is 12.1. The number of alkyl halides is 1. The first kappa shape index (κ1) is 15.7. The summed E-state index contributed by atoms with van der Waals surface area (Å²) in [7, 11) is 0. The maximum atomic E-state index is 12.1. The van der Waals surface area contributed by atoms with E-state index < -0.39 is 5.41 Å². The van der Waals surface area contributed by atoms with Gasteiger partial charge in [0.25, 0.3) is 5.91 Å². The number of carbonyl (C=O) groups is 2. The Hall–Kier alpha value is -1.68. The Bertz CT molecular complexity index is 597. The maximum Gasteiger partial charge on any atom is 0.253 e. The van der Waals surface area contributed by atoms with Crippen LogP contribution in [0.2, 0.25) is 0 Å². The lowest BCUT2D eigenvalue weighted by molar-refractivity contribution is -0.124. The number of fused-ring (bicyclic) bond motifs is 1. The van der Waals surface area contributed by atoms with Crippen LogP contribution in [0.15, 0.2) is 40.6 Å². The van der Waals surface area contributed by atoms with Crippen molar-refractivity contribution >= 4 is 29.1 Å². The highest BCUT2D eigenvalue weighted by molar-refractivity contribution is 6.20. The van der Waals surface area contributed by atoms with Gasteiger partial charge in [-0.3, -0.25) is 9.59 Å². The highest BCUT2D eigenvalue weighted by atomic mass is 35.5. The first-order valence-corrected chi connectivity index (χ1v) is 7.51. The molecule has 0 bridgehead atoms. The van der Waals surface area contributed by atoms with Gasteiger partial charge in [-0.2, -0.15) is 0 Å². The minimum absolute atomic E-state index is 0.0720. The Labute approximate surface area is 129 Å². The first-order valence-electron chi connectivity index (χ1n) is 6.97. The first-order chi connectivity index (χ1) is 9.87. The molecule has 0 aromatic rings. The Kier molecular flexibility index (Phi) is 4.47. The molecule has 2 aliphatic rings. The number of nitrogens with one attached hydrogen (secondary N) is 1. The number of carbonyl (C=O) groups excluding carboxylic acids is 2. The fourth-order valence-electron chi connectivity index (χ4n) is 2.19. The minimum Gasteiger partial charge on any atom is -0.325 e. The van der Waals surface area contributed by atoms with Gasteiger partial charge in [0.05, 0.1) is 11.1 Å². The minimum atomic E-state index is -0.692. The summed E-state index contributed by atoms with van der Waals surface area (Å²) in [5.74, 6) is -0.106. The lowest BCUT2D eigenvalue weighted by atomic mass is 9.86. The molecule has 0 aromatic heterocycles. The molecular formula is C16H19ClN2O2. The van der Waals surface area contributed by atoms with Crippen molar-refractivity contribution in [3.63, 3.8) is 0 Å². The van der Waals surface area contributed by atoms with Gasteiger partial charge in [0, 0.05) is 23.6 Å². The summed E-state index contributed by atoms with van der Waals surface area (Å²) >= 11 is 5.79. The van der Waals surface area contributed by atoms with Gasteiger partial charge in [-0.15, -0.1) is 11.6 Å². The van der Waals surface area contributed by atoms with Gasteiger partial charge in [0.2, 0.25) is 5.91 Å². The van der Waals surface area contributed by atoms with Crippen molar-refractivity contribution in [3.8, 4) is 0 Å². The molecule has 1 heterocycles. The summed E-state index contributed by atoms with van der Waals surface area (Å²) in [6.45, 7) is 5.54. The number of aliphatic imine (C=N–C) groups is 1. The lowest BCUT2D eigenvalue weighted by Crippen LogP contribution is -2.33. The average Bonchev–Trinajstić information content (AvgIpc) is 2.45. The molecule has 5 heteroatoms. The molecule has 0 saturated heterocycles. The Morgan fingerprint density at radius 2 is 2.14 bits per heavy atom. The number of allylic oxidation sites excluding steroid dienone is 3. The molecule has 0 saturated carbocycles. The topological polar surface area (TPSA) is 58.5 Å². The summed E-state index contributed by atoms with van der Waals surface area (Å²) in [5, 5.41) is 2.81. The standard InChI is InChI=1S/C16H19ClN2O2/c1-4-10-7-14(20)19-13-8-11(5-6-12(10)13)18-15(21)16(2,3)9-17/h5-8,12H,4,9H2,1-3H3,(H,19,20). The van der Waals surface area contributed by atoms with Crippen molar-refractivity contribution in [1.29, 1.82) is 0 Å². The molecule has 0 spiro atoms. The number of hydrogen-bond acceptors (Lipinski definition) is 2. The van der Waals surface area contributed by atoms with Crippen LogP contribution in [-0.2, 0) is 9.59 Å². The zero-order valence-electron chi connectivity index (χ0n) is 12.4. The van der Waals surface area contributed by atoms with Gasteiger partial charge in [-0.1, -0.05) is 18.6 Å². The monoisotopic (exact) mass is 306 g/mol. The third kappa shape index (κ3) is 3.32. The fraction of sp³-hybridized carbons (Fsp3) is 0.438. The molecular weight excluding hydrogens is 288 g/mol. The van der Waals surface area contributed by atoms with E-state index in [4.69, 9.17) is 11.6 Å². The van der Waals surface area contributed by atoms with Crippen LogP contribution in [0.3, 0.4) is 0 Å². The van der Waals surface area contributed by atoms with Crippen molar-refractivity contribution in [2.75, 3.05) is 5.88 Å². The van der Waals surface area contributed by atoms with Crippen molar-refractivity contribution < 1.29 is 9.59 Å². The zero-order chi connectivity index (χ0) is 15.6. The summed E-state index contributed by atoms with van der Waals surface area (Å²) in [6.07, 6.45) is 7.98. The highest BCUT2D eigenvalue weighted by Gasteiger charge is 2.28. The SMILES string of the molecule is CCC1=CC(=O)NC2=CC(=NC(=O)C(C)(C)CCl)C=CC12. The van der Waals surface area contributed by atoms with E-state index in [9.17, 15) is 9.59 Å². The molecule has 2 amide bonds. The number of nitrogens with zero attached hydrogens (tertiary/aromatic N) is 1. The molecule has 1 unspecified atom stereocenters. The fourth-order valence-corrected chi connectivity index (χ4v) is 2.30. The van der Waals surface area contributed by atoms with E-state index in [1.54, 1.807) is 26.0 Å². The van der Waals surface area contributed by atoms with E-state index in [2.05, 4.69) is 10.3 Å². The normalized spacial score (nSPS) is 23.3. The number of hydrogen-bond donors (Lipinski definition) is 1. The summed E-state index contributed by atoms with van der Waals surface area (Å²) < 4.78 is 0. The van der Waals surface area contributed by atoms with E-state index in [0.717, 1.165) is 17.7 Å². The summed E-state index contributed by atoms with van der Waals surface area (Å²) in [6, 6.07) is 0. The Balaban J connectivity index is 2.28. The largest absolute Gasteiger partial charge is 0.325 e. The van der Waals surface area contributed by atoms with Gasteiger partial charge in [0.15, 0.2) is 0 Å². The van der Waals surface area contributed by atoms with Crippen LogP contribution >= 0.6 is 11.6 Å². The van der Waals surface area contributed by atoms with E-state index in [1.807, 2.05) is 19.1 Å². The van der Waals surface area contributed by atoms with Crippen molar-refractivity contribution in [3.05, 3.63) is 35.6 Å². The number of halogens is 1. The van der Waals surface area contributed by atoms with E-state index in [1.165, 1.54) is 0 Å². The lowest BCUT2D eigenvalue weighted by Gasteiger charge is -2.27. The van der Waals surface area contributed by atoms with E-state index in [-0.39, 0.29) is 23.6 Å². The molecule has 1 atom stereocenters. The van der Waals surface area contributed by atoms with Crippen LogP contribution in [0, 0.1) is 11.3 Å². The van der Waals surface area contributed by atoms with E-state index in [0.29, 0.717) is 5.71 Å². The smallest absolute Gasteiger partial charge is 0.253 e. The quantitative estimate of drug-likeness (QED) is 0.815. The van der Waals surface area contributed by atoms with Gasteiger partial charge < -0.3 is 5.32 Å². The van der Waals surface area contributed by atoms with Crippen LogP contribution in [0.25, 0.3) is 0 Å². The second-order valence-electron chi connectivity index (χ2n) is 5.86. The molecule has 1 N–H and O–H groups in total. The van der Waals surface area contributed by atoms with Crippen LogP contribution in [0.4, 0.5) is 0 Å². The van der Waals surface area contributed by atoms with Crippen LogP contribution in [0.1, 0.15) is 27.2 Å². The zero-order valence-corrected chi connectivity index (χ0v) is 13.2. The second kappa shape index (κ2) is 5.98. The van der Waals surface area contributed by atoms with Gasteiger partial charge in [-0.25, -0.2) is 4.99 Å². The number of rotatable bonds is 3. The predicted molar refractivity (Wildman–Crippen MR) is 84.2 cm³/mol. The van der Waals surface area contributed by atoms with Gasteiger partial charge in [-0.05, 0) is 32.4 Å². The van der Waals surface area contributed by atoms with Crippen molar-refractivity contribution in [2.45, 2.75) is 27.2 Å². The van der Waals surface area contributed by atoms with Crippen LogP contribution in [-0.4, -0.2) is 23.4 Å². The third-order valence-electron chi connectivity index (χ3n) is 3.63. The van der Waals surface area contributed by atoms with E-state index >= 15 is 0 Å². The number of amides is 2. The molecule has 21 heavy (non-hydrogen) atoms. The predicted octanol–water partition coefficient (Wildman–Crippen LogP) is 2.76. The van der Waals surface area contributed by atoms with Crippen LogP contribution in [0.5, 0.6) is 0 Å². The molecule has 112 valence electrons. The molecule has 1 aliphatic heterocycles. The molecule has 0 fully saturated rings. The Morgan fingerprint density at radius 1 is 1.43 bits per heavy atom. The molecule has 1 aliphatic carbocycles. The third-order valence-corrected chi connectivity index (χ3v) is 4.30.